The number of rotatable bonds is 0. The minimum atomic E-state index is -1.37. The van der Waals surface area contributed by atoms with E-state index in [1.54, 1.807) is 12.1 Å². The molecule has 0 aliphatic carbocycles. The molecule has 0 saturated carbocycles. The van der Waals surface area contributed by atoms with Crippen LogP contribution in [0.2, 0.25) is 0 Å². The number of ether oxygens (including phenoxy) is 4. The summed E-state index contributed by atoms with van der Waals surface area (Å²) in [5, 5.41) is 0. The number of hydrogen-bond donors (Lipinski definition) is 0. The highest BCUT2D eigenvalue weighted by atomic mass is 32.2. The summed E-state index contributed by atoms with van der Waals surface area (Å²) in [6.07, 6.45) is -0.731. The normalized spacial score (nSPS) is 31.3. The molecule has 3 aliphatic rings. The third-order valence-electron chi connectivity index (χ3n) is 5.39. The van der Waals surface area contributed by atoms with Gasteiger partial charge in [-0.3, -0.25) is 8.42 Å². The molecule has 6 nitrogen and oxygen atoms in total. The minimum Gasteiger partial charge on any atom is -0.374 e. The van der Waals surface area contributed by atoms with Crippen LogP contribution in [0.4, 0.5) is 0 Å². The van der Waals surface area contributed by atoms with Crippen molar-refractivity contribution in [3.8, 4) is 0 Å². The topological polar surface area (TPSA) is 71.1 Å². The van der Waals surface area contributed by atoms with E-state index in [0.717, 1.165) is 11.1 Å². The average molecular weight is 435 g/mol. The van der Waals surface area contributed by atoms with Crippen LogP contribution in [0.3, 0.4) is 0 Å². The summed E-state index contributed by atoms with van der Waals surface area (Å²) in [6, 6.07) is 15.2. The van der Waals surface area contributed by atoms with Gasteiger partial charge in [0.1, 0.15) is 12.2 Å². The summed E-state index contributed by atoms with van der Waals surface area (Å²) in [5.41, 5.74) is 2.18. The smallest absolute Gasteiger partial charge is 0.193 e. The third-order valence-corrected chi connectivity index (χ3v) is 8.61. The molecular formula is C21H22O6S2. The van der Waals surface area contributed by atoms with Crippen molar-refractivity contribution in [1.29, 1.82) is 0 Å². The number of fused-ring (bicyclic) bond motifs is 3. The molecule has 1 saturated heterocycles. The minimum absolute atomic E-state index is 0.142. The Bertz CT molecular complexity index is 886. The molecule has 0 N–H and O–H groups in total. The van der Waals surface area contributed by atoms with E-state index in [1.807, 2.05) is 36.4 Å². The number of benzene rings is 2. The van der Waals surface area contributed by atoms with E-state index in [1.165, 1.54) is 0 Å². The maximum absolute atomic E-state index is 13.0. The Morgan fingerprint density at radius 2 is 1.17 bits per heavy atom. The Labute approximate surface area is 174 Å². The summed E-state index contributed by atoms with van der Waals surface area (Å²) in [7, 11) is -2.74. The highest BCUT2D eigenvalue weighted by molar-refractivity contribution is 7.89. The standard InChI is InChI=1S/C21H22O6S2/c22-28-13-21(14-29(23)20-8-4-3-7-19(20)28)26-17-11-24-9-15-5-1-2-6-16(15)10-25-12-18(17)27-21/h1-8,17-18H,9-14H2/t17-,18+,28-,29-/m0/s1. The quantitative estimate of drug-likeness (QED) is 0.633. The highest BCUT2D eigenvalue weighted by Gasteiger charge is 2.51. The maximum Gasteiger partial charge on any atom is 0.193 e. The van der Waals surface area contributed by atoms with Gasteiger partial charge in [0.05, 0.1) is 69.3 Å². The highest BCUT2D eigenvalue weighted by Crippen LogP contribution is 2.37. The molecule has 0 amide bonds. The Morgan fingerprint density at radius 1 is 0.724 bits per heavy atom. The van der Waals surface area contributed by atoms with Crippen LogP contribution in [0.25, 0.3) is 0 Å². The molecule has 4 atom stereocenters. The van der Waals surface area contributed by atoms with Crippen LogP contribution < -0.4 is 0 Å². The molecule has 2 aromatic rings. The van der Waals surface area contributed by atoms with Crippen LogP contribution in [0, 0.1) is 0 Å². The van der Waals surface area contributed by atoms with E-state index in [9.17, 15) is 8.42 Å². The van der Waals surface area contributed by atoms with Gasteiger partial charge in [0, 0.05) is 0 Å². The summed E-state index contributed by atoms with van der Waals surface area (Å²) >= 11 is 0. The summed E-state index contributed by atoms with van der Waals surface area (Å²) in [4.78, 5) is 1.19. The zero-order valence-electron chi connectivity index (χ0n) is 15.8. The molecule has 8 heteroatoms. The van der Waals surface area contributed by atoms with E-state index >= 15 is 0 Å². The Balaban J connectivity index is 1.37. The van der Waals surface area contributed by atoms with Crippen LogP contribution in [0.5, 0.6) is 0 Å². The fraction of sp³-hybridized carbons (Fsp3) is 0.429. The summed E-state index contributed by atoms with van der Waals surface area (Å²) in [6.45, 7) is 1.58. The van der Waals surface area contributed by atoms with Crippen LogP contribution in [0.15, 0.2) is 58.3 Å². The van der Waals surface area contributed by atoms with Gasteiger partial charge in [0.25, 0.3) is 0 Å². The van der Waals surface area contributed by atoms with Crippen LogP contribution >= 0.6 is 0 Å². The molecule has 2 aromatic carbocycles. The molecule has 3 aliphatic heterocycles. The molecule has 0 bridgehead atoms. The lowest BCUT2D eigenvalue weighted by molar-refractivity contribution is -0.147. The van der Waals surface area contributed by atoms with Crippen LogP contribution in [-0.4, -0.2) is 51.1 Å². The van der Waals surface area contributed by atoms with E-state index in [4.69, 9.17) is 18.9 Å². The second-order valence-corrected chi connectivity index (χ2v) is 10.3. The third kappa shape index (κ3) is 3.85. The molecule has 1 spiro atoms. The first-order chi connectivity index (χ1) is 14.1. The Hall–Kier alpha value is -1.42. The van der Waals surface area contributed by atoms with Crippen LogP contribution in [0.1, 0.15) is 11.1 Å². The van der Waals surface area contributed by atoms with Gasteiger partial charge in [-0.15, -0.1) is 0 Å². The van der Waals surface area contributed by atoms with Crippen molar-refractivity contribution < 1.29 is 27.4 Å². The molecule has 0 aromatic heterocycles. The molecule has 0 unspecified atom stereocenters. The van der Waals surface area contributed by atoms with Crippen molar-refractivity contribution in [2.24, 2.45) is 0 Å². The van der Waals surface area contributed by atoms with E-state index in [-0.39, 0.29) is 23.7 Å². The van der Waals surface area contributed by atoms with Gasteiger partial charge in [0.2, 0.25) is 0 Å². The van der Waals surface area contributed by atoms with Gasteiger partial charge in [-0.05, 0) is 23.3 Å². The Kier molecular flexibility index (Phi) is 5.40. The second kappa shape index (κ2) is 8.02. The first-order valence-corrected chi connectivity index (χ1v) is 12.2. The molecule has 3 heterocycles. The first kappa shape index (κ1) is 19.5. The van der Waals surface area contributed by atoms with Gasteiger partial charge < -0.3 is 18.9 Å². The van der Waals surface area contributed by atoms with Gasteiger partial charge in [-0.25, -0.2) is 0 Å². The van der Waals surface area contributed by atoms with Crippen molar-refractivity contribution in [3.63, 3.8) is 0 Å². The van der Waals surface area contributed by atoms with Gasteiger partial charge >= 0.3 is 0 Å². The predicted octanol–water partition coefficient (Wildman–Crippen LogP) is 2.14. The van der Waals surface area contributed by atoms with Crippen molar-refractivity contribution >= 4 is 21.6 Å². The van der Waals surface area contributed by atoms with E-state index in [0.29, 0.717) is 36.2 Å². The fourth-order valence-electron chi connectivity index (χ4n) is 3.98. The zero-order chi connectivity index (χ0) is 19.8. The SMILES string of the molecule is O=[S@]1CC2(C[S@](=O)c3ccccc31)O[C@H]1COCc3ccccc3COC[C@H]1O2. The first-order valence-electron chi connectivity index (χ1n) is 9.57. The Morgan fingerprint density at radius 3 is 1.66 bits per heavy atom. The van der Waals surface area contributed by atoms with Gasteiger partial charge in [0.15, 0.2) is 5.79 Å². The van der Waals surface area contributed by atoms with Crippen molar-refractivity contribution in [3.05, 3.63) is 59.7 Å². The van der Waals surface area contributed by atoms with Crippen LogP contribution in [-0.2, 0) is 53.8 Å². The molecule has 29 heavy (non-hydrogen) atoms. The average Bonchev–Trinajstić information content (AvgIpc) is 3.01. The van der Waals surface area contributed by atoms with Crippen molar-refractivity contribution in [2.45, 2.75) is 41.0 Å². The predicted molar refractivity (Wildman–Crippen MR) is 107 cm³/mol. The number of hydrogen-bond acceptors (Lipinski definition) is 6. The molecular weight excluding hydrogens is 412 g/mol. The lowest BCUT2D eigenvalue weighted by Crippen LogP contribution is -2.42. The lowest BCUT2D eigenvalue weighted by Gasteiger charge is -2.25. The molecule has 0 radical (unpaired) electrons. The largest absolute Gasteiger partial charge is 0.374 e. The van der Waals surface area contributed by atoms with Crippen molar-refractivity contribution in [2.75, 3.05) is 24.7 Å². The zero-order valence-corrected chi connectivity index (χ0v) is 17.4. The second-order valence-electron chi connectivity index (χ2n) is 7.45. The van der Waals surface area contributed by atoms with Gasteiger partial charge in [-0.1, -0.05) is 36.4 Å². The summed E-state index contributed by atoms with van der Waals surface area (Å²) in [5.74, 6) is -0.885. The van der Waals surface area contributed by atoms with Gasteiger partial charge in [-0.2, -0.15) is 0 Å². The fourth-order valence-corrected chi connectivity index (χ4v) is 7.30. The molecule has 154 valence electrons. The molecule has 1 fully saturated rings. The van der Waals surface area contributed by atoms with Crippen molar-refractivity contribution in [1.82, 2.24) is 0 Å². The lowest BCUT2D eigenvalue weighted by atomic mass is 10.1. The maximum atomic E-state index is 13.0. The summed E-state index contributed by atoms with van der Waals surface area (Å²) < 4.78 is 50.3. The van der Waals surface area contributed by atoms with E-state index < -0.39 is 27.4 Å². The van der Waals surface area contributed by atoms with E-state index in [2.05, 4.69) is 0 Å². The molecule has 5 rings (SSSR count). The monoisotopic (exact) mass is 434 g/mol.